The fraction of sp³-hybridized carbons (Fsp3) is 0.433. The van der Waals surface area contributed by atoms with Crippen LogP contribution < -0.4 is 5.32 Å². The maximum absolute atomic E-state index is 13.1. The van der Waals surface area contributed by atoms with Gasteiger partial charge >= 0.3 is 0 Å². The van der Waals surface area contributed by atoms with Crippen LogP contribution in [0.5, 0.6) is 0 Å². The van der Waals surface area contributed by atoms with Gasteiger partial charge in [0.15, 0.2) is 0 Å². The highest BCUT2D eigenvalue weighted by atomic mass is 16.2. The number of piperidine rings is 2. The maximum Gasteiger partial charge on any atom is 0.246 e. The Morgan fingerprint density at radius 1 is 0.861 bits per heavy atom. The van der Waals surface area contributed by atoms with Crippen molar-refractivity contribution >= 4 is 23.8 Å². The first-order valence-corrected chi connectivity index (χ1v) is 13.2. The standard InChI is InChI=1S/C30H37N3O3/c1-2-27(24-11-7-4-8-12-24)30(36)33-21-17-26(18-22-33)31-29(35)25-15-19-32(20-16-25)28(34)14-13-23-9-5-3-6-10-23/h3-14,25-27H,2,15-22H2,1H3,(H,31,35)/b14-13+. The maximum atomic E-state index is 13.1. The van der Waals surface area contributed by atoms with Gasteiger partial charge in [-0.15, -0.1) is 0 Å². The van der Waals surface area contributed by atoms with E-state index in [1.807, 2.05) is 76.5 Å². The normalized spacial score (nSPS) is 18.2. The smallest absolute Gasteiger partial charge is 0.246 e. The summed E-state index contributed by atoms with van der Waals surface area (Å²) in [5.74, 6) is 0.104. The first-order valence-electron chi connectivity index (χ1n) is 13.2. The van der Waals surface area contributed by atoms with E-state index in [1.165, 1.54) is 0 Å². The summed E-state index contributed by atoms with van der Waals surface area (Å²) >= 11 is 0. The molecule has 4 rings (SSSR count). The van der Waals surface area contributed by atoms with Crippen LogP contribution in [0.3, 0.4) is 0 Å². The Morgan fingerprint density at radius 2 is 1.44 bits per heavy atom. The summed E-state index contributed by atoms with van der Waals surface area (Å²) in [6, 6.07) is 19.9. The predicted octanol–water partition coefficient (Wildman–Crippen LogP) is 4.24. The van der Waals surface area contributed by atoms with Crippen LogP contribution in [0.15, 0.2) is 66.7 Å². The molecule has 2 heterocycles. The van der Waals surface area contributed by atoms with Crippen molar-refractivity contribution in [2.75, 3.05) is 26.2 Å². The number of benzene rings is 2. The minimum atomic E-state index is -0.104. The molecule has 0 bridgehead atoms. The third-order valence-corrected chi connectivity index (χ3v) is 7.46. The van der Waals surface area contributed by atoms with Crippen molar-refractivity contribution in [3.05, 3.63) is 77.9 Å². The van der Waals surface area contributed by atoms with Crippen molar-refractivity contribution in [3.63, 3.8) is 0 Å². The zero-order valence-corrected chi connectivity index (χ0v) is 21.1. The molecule has 1 unspecified atom stereocenters. The fourth-order valence-electron chi connectivity index (χ4n) is 5.22. The van der Waals surface area contributed by atoms with Gasteiger partial charge < -0.3 is 15.1 Å². The summed E-state index contributed by atoms with van der Waals surface area (Å²) in [6.45, 7) is 4.60. The second-order valence-corrected chi connectivity index (χ2v) is 9.82. The first kappa shape index (κ1) is 25.7. The van der Waals surface area contributed by atoms with E-state index in [0.717, 1.165) is 30.4 Å². The number of carbonyl (C=O) groups excluding carboxylic acids is 3. The predicted molar refractivity (Wildman–Crippen MR) is 142 cm³/mol. The second-order valence-electron chi connectivity index (χ2n) is 9.82. The summed E-state index contributed by atoms with van der Waals surface area (Å²) in [5, 5.41) is 3.22. The van der Waals surface area contributed by atoms with Crippen molar-refractivity contribution in [2.45, 2.75) is 51.0 Å². The lowest BCUT2D eigenvalue weighted by Crippen LogP contribution is -2.50. The Bertz CT molecular complexity index is 1040. The van der Waals surface area contributed by atoms with Crippen LogP contribution in [-0.2, 0) is 14.4 Å². The van der Waals surface area contributed by atoms with Crippen molar-refractivity contribution in [1.82, 2.24) is 15.1 Å². The zero-order chi connectivity index (χ0) is 25.3. The molecule has 0 spiro atoms. The van der Waals surface area contributed by atoms with Gasteiger partial charge in [-0.3, -0.25) is 14.4 Å². The average Bonchev–Trinajstić information content (AvgIpc) is 2.93. The van der Waals surface area contributed by atoms with Gasteiger partial charge in [-0.25, -0.2) is 0 Å². The molecule has 2 aromatic carbocycles. The molecule has 3 amide bonds. The Kier molecular flexibility index (Phi) is 8.93. The number of likely N-dealkylation sites (tertiary alicyclic amines) is 2. The summed E-state index contributed by atoms with van der Waals surface area (Å²) in [7, 11) is 0. The van der Waals surface area contributed by atoms with Crippen molar-refractivity contribution in [3.8, 4) is 0 Å². The van der Waals surface area contributed by atoms with Gasteiger partial charge in [-0.2, -0.15) is 0 Å². The van der Waals surface area contributed by atoms with Gasteiger partial charge in [-0.1, -0.05) is 67.6 Å². The van der Waals surface area contributed by atoms with Gasteiger partial charge in [0.1, 0.15) is 0 Å². The highest BCUT2D eigenvalue weighted by Crippen LogP contribution is 2.25. The SMILES string of the molecule is CCC(C(=O)N1CCC(NC(=O)C2CCN(C(=O)/C=C/c3ccccc3)CC2)CC1)c1ccccc1. The third kappa shape index (κ3) is 6.62. The fourth-order valence-corrected chi connectivity index (χ4v) is 5.22. The lowest BCUT2D eigenvalue weighted by atomic mass is 9.93. The molecule has 1 N–H and O–H groups in total. The van der Waals surface area contributed by atoms with Crippen LogP contribution in [0.4, 0.5) is 0 Å². The molecule has 36 heavy (non-hydrogen) atoms. The van der Waals surface area contributed by atoms with E-state index in [1.54, 1.807) is 6.08 Å². The number of nitrogens with one attached hydrogen (secondary N) is 1. The largest absolute Gasteiger partial charge is 0.353 e. The number of hydrogen-bond acceptors (Lipinski definition) is 3. The quantitative estimate of drug-likeness (QED) is 0.594. The molecule has 0 radical (unpaired) electrons. The van der Waals surface area contributed by atoms with Gasteiger partial charge in [0.05, 0.1) is 5.92 Å². The molecule has 0 aliphatic carbocycles. The van der Waals surface area contributed by atoms with Crippen molar-refractivity contribution in [2.24, 2.45) is 5.92 Å². The van der Waals surface area contributed by atoms with E-state index >= 15 is 0 Å². The number of nitrogens with zero attached hydrogens (tertiary/aromatic N) is 2. The van der Waals surface area contributed by atoms with Crippen LogP contribution in [-0.4, -0.2) is 59.7 Å². The molecule has 1 atom stereocenters. The summed E-state index contributed by atoms with van der Waals surface area (Å²) in [5.41, 5.74) is 2.07. The van der Waals surface area contributed by atoms with Crippen molar-refractivity contribution < 1.29 is 14.4 Å². The molecule has 0 aromatic heterocycles. The zero-order valence-electron chi connectivity index (χ0n) is 21.1. The van der Waals surface area contributed by atoms with E-state index in [2.05, 4.69) is 12.2 Å². The Hall–Kier alpha value is -3.41. The van der Waals surface area contributed by atoms with E-state index in [-0.39, 0.29) is 35.6 Å². The van der Waals surface area contributed by atoms with Gasteiger partial charge in [0.25, 0.3) is 0 Å². The number of carbonyl (C=O) groups is 3. The molecule has 2 fully saturated rings. The van der Waals surface area contributed by atoms with Crippen LogP contribution in [0, 0.1) is 5.92 Å². The van der Waals surface area contributed by atoms with E-state index in [9.17, 15) is 14.4 Å². The minimum absolute atomic E-state index is 0.00404. The molecule has 2 aromatic rings. The lowest BCUT2D eigenvalue weighted by Gasteiger charge is -2.36. The van der Waals surface area contributed by atoms with Crippen molar-refractivity contribution in [1.29, 1.82) is 0 Å². The first-order chi connectivity index (χ1) is 17.5. The highest BCUT2D eigenvalue weighted by molar-refractivity contribution is 5.92. The Balaban J connectivity index is 1.19. The summed E-state index contributed by atoms with van der Waals surface area (Å²) < 4.78 is 0. The molecular formula is C30H37N3O3. The molecule has 2 saturated heterocycles. The second kappa shape index (κ2) is 12.5. The third-order valence-electron chi connectivity index (χ3n) is 7.46. The van der Waals surface area contributed by atoms with E-state index < -0.39 is 0 Å². The molecular weight excluding hydrogens is 450 g/mol. The Labute approximate surface area is 214 Å². The summed E-state index contributed by atoms with van der Waals surface area (Å²) in [6.07, 6.45) is 7.16. The molecule has 0 saturated carbocycles. The lowest BCUT2D eigenvalue weighted by molar-refractivity contribution is -0.135. The van der Waals surface area contributed by atoms with Crippen LogP contribution in [0.1, 0.15) is 56.1 Å². The van der Waals surface area contributed by atoms with Crippen LogP contribution in [0.25, 0.3) is 6.08 Å². The number of hydrogen-bond donors (Lipinski definition) is 1. The number of amides is 3. The van der Waals surface area contributed by atoms with Gasteiger partial charge in [0, 0.05) is 44.2 Å². The van der Waals surface area contributed by atoms with E-state index in [4.69, 9.17) is 0 Å². The topological polar surface area (TPSA) is 69.7 Å². The van der Waals surface area contributed by atoms with Crippen LogP contribution in [0.2, 0.25) is 0 Å². The van der Waals surface area contributed by atoms with E-state index in [0.29, 0.717) is 39.0 Å². The monoisotopic (exact) mass is 487 g/mol. The Morgan fingerprint density at radius 3 is 2.06 bits per heavy atom. The highest BCUT2D eigenvalue weighted by Gasteiger charge is 2.31. The van der Waals surface area contributed by atoms with Crippen LogP contribution >= 0.6 is 0 Å². The molecule has 6 nitrogen and oxygen atoms in total. The summed E-state index contributed by atoms with van der Waals surface area (Å²) in [4.78, 5) is 42.3. The number of rotatable bonds is 7. The van der Waals surface area contributed by atoms with Gasteiger partial charge in [0.2, 0.25) is 17.7 Å². The molecule has 6 heteroatoms. The minimum Gasteiger partial charge on any atom is -0.353 e. The molecule has 2 aliphatic heterocycles. The average molecular weight is 488 g/mol. The molecule has 2 aliphatic rings. The van der Waals surface area contributed by atoms with Gasteiger partial charge in [-0.05, 0) is 49.3 Å². The molecule has 190 valence electrons.